The molecule has 2 aromatic rings. The van der Waals surface area contributed by atoms with Crippen molar-refractivity contribution in [2.24, 2.45) is 0 Å². The molecule has 0 saturated carbocycles. The topological polar surface area (TPSA) is 30.9 Å². The van der Waals surface area contributed by atoms with Crippen molar-refractivity contribution in [1.29, 1.82) is 0 Å². The molecule has 2 N–H and O–H groups in total. The van der Waals surface area contributed by atoms with Crippen LogP contribution in [0.25, 0.3) is 10.9 Å². The number of fused-ring (bicyclic) bond motifs is 1. The largest absolute Gasteiger partial charge is 0.398 e. The lowest BCUT2D eigenvalue weighted by atomic mass is 10.1. The van der Waals surface area contributed by atoms with Gasteiger partial charge >= 0.3 is 0 Å². The second-order valence-electron chi connectivity index (χ2n) is 3.78. The van der Waals surface area contributed by atoms with E-state index in [4.69, 9.17) is 5.73 Å². The Morgan fingerprint density at radius 1 is 1.36 bits per heavy atom. The highest BCUT2D eigenvalue weighted by atomic mass is 14.9. The lowest BCUT2D eigenvalue weighted by Gasteiger charge is -2.05. The number of rotatable bonds is 2. The van der Waals surface area contributed by atoms with Crippen LogP contribution in [-0.4, -0.2) is 4.57 Å². The summed E-state index contributed by atoms with van der Waals surface area (Å²) in [5, 5.41) is 1.28. The number of nitrogen functional groups attached to an aromatic ring is 1. The highest BCUT2D eigenvalue weighted by molar-refractivity contribution is 5.84. The van der Waals surface area contributed by atoms with Crippen LogP contribution in [-0.2, 0) is 6.54 Å². The van der Waals surface area contributed by atoms with Crippen LogP contribution in [0.1, 0.15) is 18.9 Å². The Labute approximate surface area is 84.3 Å². The summed E-state index contributed by atoms with van der Waals surface area (Å²) in [5.41, 5.74) is 9.18. The van der Waals surface area contributed by atoms with Crippen molar-refractivity contribution in [1.82, 2.24) is 4.57 Å². The van der Waals surface area contributed by atoms with E-state index in [0.29, 0.717) is 0 Å². The number of aryl methyl sites for hydroxylation is 2. The monoisotopic (exact) mass is 188 g/mol. The molecule has 74 valence electrons. The van der Waals surface area contributed by atoms with Gasteiger partial charge in [-0.3, -0.25) is 0 Å². The molecule has 0 spiro atoms. The number of hydrogen-bond acceptors (Lipinski definition) is 1. The van der Waals surface area contributed by atoms with Crippen LogP contribution in [0.5, 0.6) is 0 Å². The van der Waals surface area contributed by atoms with Gasteiger partial charge in [-0.05, 0) is 42.5 Å². The predicted molar refractivity (Wildman–Crippen MR) is 61.4 cm³/mol. The summed E-state index contributed by atoms with van der Waals surface area (Å²) in [5.74, 6) is 0. The molecule has 0 radical (unpaired) electrons. The zero-order chi connectivity index (χ0) is 10.1. The molecule has 1 aromatic heterocycles. The van der Waals surface area contributed by atoms with E-state index < -0.39 is 0 Å². The van der Waals surface area contributed by atoms with E-state index in [1.54, 1.807) is 0 Å². The van der Waals surface area contributed by atoms with Crippen molar-refractivity contribution in [3.8, 4) is 0 Å². The van der Waals surface area contributed by atoms with Gasteiger partial charge in [0.15, 0.2) is 0 Å². The van der Waals surface area contributed by atoms with Gasteiger partial charge in [-0.1, -0.05) is 6.92 Å². The molecule has 1 aromatic carbocycles. The maximum absolute atomic E-state index is 5.90. The number of nitrogens with two attached hydrogens (primary N) is 1. The molecule has 0 unspecified atom stereocenters. The van der Waals surface area contributed by atoms with E-state index in [9.17, 15) is 0 Å². The number of nitrogens with zero attached hydrogens (tertiary/aromatic N) is 1. The van der Waals surface area contributed by atoms with Gasteiger partial charge in [0.2, 0.25) is 0 Å². The van der Waals surface area contributed by atoms with Gasteiger partial charge < -0.3 is 10.3 Å². The number of aromatic nitrogens is 1. The van der Waals surface area contributed by atoms with Crippen LogP contribution in [0, 0.1) is 6.92 Å². The zero-order valence-corrected chi connectivity index (χ0v) is 8.75. The third-order valence-electron chi connectivity index (χ3n) is 2.62. The molecule has 14 heavy (non-hydrogen) atoms. The van der Waals surface area contributed by atoms with Crippen molar-refractivity contribution in [3.05, 3.63) is 30.0 Å². The van der Waals surface area contributed by atoms with Crippen molar-refractivity contribution in [2.45, 2.75) is 26.8 Å². The lowest BCUT2D eigenvalue weighted by molar-refractivity contribution is 0.704. The Morgan fingerprint density at radius 3 is 2.86 bits per heavy atom. The molecular formula is C12H16N2. The van der Waals surface area contributed by atoms with Crippen molar-refractivity contribution < 1.29 is 0 Å². The van der Waals surface area contributed by atoms with Crippen molar-refractivity contribution in [2.75, 3.05) is 5.73 Å². The third-order valence-corrected chi connectivity index (χ3v) is 2.62. The molecule has 0 aliphatic rings. The van der Waals surface area contributed by atoms with Gasteiger partial charge in [0, 0.05) is 18.4 Å². The van der Waals surface area contributed by atoms with Crippen LogP contribution in [0.2, 0.25) is 0 Å². The molecular weight excluding hydrogens is 172 g/mol. The Hall–Kier alpha value is -1.44. The van der Waals surface area contributed by atoms with Crippen LogP contribution >= 0.6 is 0 Å². The van der Waals surface area contributed by atoms with Crippen molar-refractivity contribution in [3.63, 3.8) is 0 Å². The van der Waals surface area contributed by atoms with E-state index in [-0.39, 0.29) is 0 Å². The molecule has 0 bridgehead atoms. The summed E-state index contributed by atoms with van der Waals surface area (Å²) in [7, 11) is 0. The normalized spacial score (nSPS) is 11.0. The third kappa shape index (κ3) is 1.37. The second kappa shape index (κ2) is 3.37. The maximum Gasteiger partial charge on any atom is 0.0501 e. The highest BCUT2D eigenvalue weighted by Gasteiger charge is 2.02. The Morgan fingerprint density at radius 2 is 2.14 bits per heavy atom. The summed E-state index contributed by atoms with van der Waals surface area (Å²) >= 11 is 0. The highest BCUT2D eigenvalue weighted by Crippen LogP contribution is 2.22. The average molecular weight is 188 g/mol. The zero-order valence-electron chi connectivity index (χ0n) is 8.75. The minimum atomic E-state index is 0.883. The minimum absolute atomic E-state index is 0.883. The van der Waals surface area contributed by atoms with E-state index in [1.807, 2.05) is 6.92 Å². The van der Waals surface area contributed by atoms with Gasteiger partial charge in [0.05, 0.1) is 5.52 Å². The first-order chi connectivity index (χ1) is 6.72. The minimum Gasteiger partial charge on any atom is -0.398 e. The van der Waals surface area contributed by atoms with E-state index in [2.05, 4.69) is 35.9 Å². The van der Waals surface area contributed by atoms with Gasteiger partial charge in [-0.25, -0.2) is 0 Å². The molecule has 0 atom stereocenters. The molecule has 2 rings (SSSR count). The van der Waals surface area contributed by atoms with Gasteiger partial charge in [0.1, 0.15) is 0 Å². The Balaban J connectivity index is 2.61. The first kappa shape index (κ1) is 9.13. The predicted octanol–water partition coefficient (Wildman–Crippen LogP) is 2.94. The number of anilines is 1. The van der Waals surface area contributed by atoms with E-state index >= 15 is 0 Å². The fourth-order valence-corrected chi connectivity index (χ4v) is 1.80. The maximum atomic E-state index is 5.90. The van der Waals surface area contributed by atoms with Crippen LogP contribution in [0.4, 0.5) is 5.69 Å². The van der Waals surface area contributed by atoms with Gasteiger partial charge in [-0.15, -0.1) is 0 Å². The van der Waals surface area contributed by atoms with Crippen LogP contribution < -0.4 is 5.73 Å². The average Bonchev–Trinajstić information content (AvgIpc) is 2.51. The molecule has 2 nitrogen and oxygen atoms in total. The SMILES string of the molecule is CCCn1ccc2cc(C)c(N)cc21. The summed E-state index contributed by atoms with van der Waals surface area (Å²) in [4.78, 5) is 0. The first-order valence-electron chi connectivity index (χ1n) is 5.07. The first-order valence-corrected chi connectivity index (χ1v) is 5.07. The summed E-state index contributed by atoms with van der Waals surface area (Å²) < 4.78 is 2.26. The quantitative estimate of drug-likeness (QED) is 0.722. The molecule has 0 aliphatic carbocycles. The van der Waals surface area contributed by atoms with Crippen molar-refractivity contribution >= 4 is 16.6 Å². The molecule has 0 amide bonds. The number of hydrogen-bond donors (Lipinski definition) is 1. The van der Waals surface area contributed by atoms with Gasteiger partial charge in [0.25, 0.3) is 0 Å². The molecule has 0 saturated heterocycles. The summed E-state index contributed by atoms with van der Waals surface area (Å²) in [6, 6.07) is 6.37. The summed E-state index contributed by atoms with van der Waals surface area (Å²) in [6.45, 7) is 5.29. The van der Waals surface area contributed by atoms with Gasteiger partial charge in [-0.2, -0.15) is 0 Å². The fraction of sp³-hybridized carbons (Fsp3) is 0.333. The lowest BCUT2D eigenvalue weighted by Crippen LogP contribution is -1.95. The standard InChI is InChI=1S/C12H16N2/c1-3-5-14-6-4-10-7-9(2)11(13)8-12(10)14/h4,6-8H,3,5,13H2,1-2H3. The number of benzene rings is 1. The fourth-order valence-electron chi connectivity index (χ4n) is 1.80. The van der Waals surface area contributed by atoms with E-state index in [1.165, 1.54) is 10.9 Å². The van der Waals surface area contributed by atoms with Crippen LogP contribution in [0.3, 0.4) is 0 Å². The molecule has 0 fully saturated rings. The molecule has 2 heteroatoms. The Kier molecular flexibility index (Phi) is 2.20. The van der Waals surface area contributed by atoms with E-state index in [0.717, 1.165) is 24.2 Å². The van der Waals surface area contributed by atoms with Crippen LogP contribution in [0.15, 0.2) is 24.4 Å². The molecule has 1 heterocycles. The Bertz CT molecular complexity index is 455. The molecule has 0 aliphatic heterocycles. The smallest absolute Gasteiger partial charge is 0.0501 e. The summed E-state index contributed by atoms with van der Waals surface area (Å²) in [6.07, 6.45) is 3.28. The second-order valence-corrected chi connectivity index (χ2v) is 3.78.